The van der Waals surface area contributed by atoms with Crippen LogP contribution >= 0.6 is 21.6 Å². The molecule has 4 aliphatic rings. The Labute approximate surface area is 418 Å². The lowest BCUT2D eigenvalue weighted by atomic mass is 9.99. The number of benzene rings is 5. The van der Waals surface area contributed by atoms with Crippen LogP contribution in [0.4, 0.5) is 22.7 Å². The second-order valence-corrected chi connectivity index (χ2v) is 22.2. The Morgan fingerprint density at radius 2 is 1.43 bits per heavy atom. The number of nitrogens with zero attached hydrogens (tertiary/aromatic N) is 4. The minimum atomic E-state index is -0.224. The van der Waals surface area contributed by atoms with E-state index in [1.165, 1.54) is 17.3 Å². The molecule has 2 N–H and O–H groups in total. The number of anilines is 4. The highest BCUT2D eigenvalue weighted by Gasteiger charge is 2.40. The third-order valence-corrected chi connectivity index (χ3v) is 16.8. The summed E-state index contributed by atoms with van der Waals surface area (Å²) >= 11 is 0. The molecule has 5 aromatic carbocycles. The van der Waals surface area contributed by atoms with Crippen molar-refractivity contribution in [2.24, 2.45) is 5.10 Å². The van der Waals surface area contributed by atoms with E-state index in [-0.39, 0.29) is 60.1 Å². The van der Waals surface area contributed by atoms with Crippen LogP contribution in [0.3, 0.4) is 0 Å². The predicted molar refractivity (Wildman–Crippen MR) is 281 cm³/mol. The maximum atomic E-state index is 14.2. The number of aryl methyl sites for hydroxylation is 2. The fourth-order valence-electron chi connectivity index (χ4n) is 9.98. The number of carbonyl (C=O) groups excluding carboxylic acids is 4. The molecule has 364 valence electrons. The molecule has 2 atom stereocenters. The summed E-state index contributed by atoms with van der Waals surface area (Å²) in [7, 11) is 6.88. The molecule has 70 heavy (non-hydrogen) atoms. The van der Waals surface area contributed by atoms with E-state index in [1.807, 2.05) is 96.6 Å². The zero-order chi connectivity index (χ0) is 49.1. The third kappa shape index (κ3) is 10.5. The highest BCUT2D eigenvalue weighted by molar-refractivity contribution is 8.77. The molecular formula is C55H60N6O7S2. The molecule has 0 radical (unpaired) electrons. The summed E-state index contributed by atoms with van der Waals surface area (Å²) in [4.78, 5) is 60.0. The second kappa shape index (κ2) is 20.9. The molecule has 0 saturated heterocycles. The molecule has 0 fully saturated rings. The zero-order valence-corrected chi connectivity index (χ0v) is 42.3. The average molecular weight is 981 g/mol. The van der Waals surface area contributed by atoms with Gasteiger partial charge in [-0.2, -0.15) is 5.10 Å². The van der Waals surface area contributed by atoms with E-state index < -0.39 is 0 Å². The van der Waals surface area contributed by atoms with Crippen molar-refractivity contribution in [3.63, 3.8) is 0 Å². The number of para-hydroxylation sites is 2. The number of ether oxygens (including phenoxy) is 3. The van der Waals surface area contributed by atoms with Gasteiger partial charge in [0.25, 0.3) is 11.8 Å². The van der Waals surface area contributed by atoms with E-state index in [4.69, 9.17) is 14.2 Å². The normalized spacial score (nSPS) is 16.9. The van der Waals surface area contributed by atoms with Gasteiger partial charge >= 0.3 is 0 Å². The Bertz CT molecular complexity index is 2870. The number of hydrazone groups is 1. The van der Waals surface area contributed by atoms with E-state index in [1.54, 1.807) is 41.7 Å². The van der Waals surface area contributed by atoms with Crippen LogP contribution < -0.4 is 39.7 Å². The number of hydrogen-bond donors (Lipinski definition) is 2. The summed E-state index contributed by atoms with van der Waals surface area (Å²) in [5.41, 5.74) is 12.9. The van der Waals surface area contributed by atoms with Gasteiger partial charge in [-0.25, -0.2) is 5.43 Å². The fraction of sp³-hybridized carbons (Fsp3) is 0.364. The van der Waals surface area contributed by atoms with Gasteiger partial charge in [0.1, 0.15) is 19.0 Å². The molecule has 0 spiro atoms. The van der Waals surface area contributed by atoms with E-state index in [0.717, 1.165) is 65.0 Å². The van der Waals surface area contributed by atoms with E-state index in [0.29, 0.717) is 59.2 Å². The summed E-state index contributed by atoms with van der Waals surface area (Å²) in [6.07, 6.45) is 5.99. The SMILES string of the molecule is CC=NNC(=O)CCSSC(C)(C)CCC(=O)Nc1cc(COc2cc3c(cc2C)C(=O)N2c4ccccc4C[C@H]2CN3C)cc(COc2cc3c(cc2OC)C(=O)N2c4ccccc4C[C@H]2CC3)c1. The minimum Gasteiger partial charge on any atom is -0.493 e. The number of rotatable bonds is 17. The molecular weight excluding hydrogens is 921 g/mol. The smallest absolute Gasteiger partial charge is 0.260 e. The summed E-state index contributed by atoms with van der Waals surface area (Å²) in [6, 6.07) is 29.9. The van der Waals surface area contributed by atoms with Crippen LogP contribution in [0, 0.1) is 6.92 Å². The van der Waals surface area contributed by atoms with Crippen molar-refractivity contribution in [2.45, 2.75) is 103 Å². The van der Waals surface area contributed by atoms with E-state index in [9.17, 15) is 19.2 Å². The standard InChI is InChI=1S/C55H60N6O7S2/c1-7-56-58-52(63)19-21-69-70-55(3,4)20-18-51(62)57-40-24-35(32-67-48-30-47-44(22-34(48)2)54(65)61-42(31-59(47)5)27-39-13-9-11-15-46(39)61)23-36(25-40)33-68-50-28-37-16-17-41-26-38-12-8-10-14-45(38)60(41)53(64)43(37)29-49(50)66-6/h7-15,22-25,28-30,41-42H,16-21,26-27,31-33H2,1-6H3,(H,57,62)(H,58,63)/t41-,42+/m1/s1. The molecule has 0 bridgehead atoms. The number of likely N-dealkylation sites (N-methyl/N-ethyl adjacent to an activating group) is 1. The van der Waals surface area contributed by atoms with Crippen molar-refractivity contribution < 1.29 is 33.4 Å². The fourth-order valence-corrected chi connectivity index (χ4v) is 12.5. The number of nitrogens with one attached hydrogen (secondary N) is 2. The van der Waals surface area contributed by atoms with Crippen LogP contribution in [0.5, 0.6) is 17.2 Å². The van der Waals surface area contributed by atoms with E-state index >= 15 is 0 Å². The maximum Gasteiger partial charge on any atom is 0.260 e. The third-order valence-electron chi connectivity index (χ3n) is 13.5. The lowest BCUT2D eigenvalue weighted by Gasteiger charge is -2.25. The molecule has 0 saturated carbocycles. The Hall–Kier alpha value is -6.45. The van der Waals surface area contributed by atoms with Crippen molar-refractivity contribution in [3.8, 4) is 17.2 Å². The zero-order valence-electron chi connectivity index (χ0n) is 40.6. The van der Waals surface area contributed by atoms with Gasteiger partial charge in [-0.05, 0) is 142 Å². The maximum absolute atomic E-state index is 14.2. The Morgan fingerprint density at radius 3 is 2.13 bits per heavy atom. The van der Waals surface area contributed by atoms with Gasteiger partial charge in [0.2, 0.25) is 11.8 Å². The Balaban J connectivity index is 0.927. The monoisotopic (exact) mass is 980 g/mol. The van der Waals surface area contributed by atoms with Crippen molar-refractivity contribution >= 4 is 74.2 Å². The van der Waals surface area contributed by atoms with E-state index in [2.05, 4.69) is 46.7 Å². The van der Waals surface area contributed by atoms with Crippen molar-refractivity contribution in [1.29, 1.82) is 0 Å². The van der Waals surface area contributed by atoms with Gasteiger partial charge in [-0.1, -0.05) is 58.0 Å². The first-order valence-electron chi connectivity index (χ1n) is 23.9. The second-order valence-electron chi connectivity index (χ2n) is 19.0. The van der Waals surface area contributed by atoms with Crippen molar-refractivity contribution in [3.05, 3.63) is 136 Å². The highest BCUT2D eigenvalue weighted by Crippen LogP contribution is 2.43. The first-order chi connectivity index (χ1) is 33.8. The quantitative estimate of drug-likeness (QED) is 0.0400. The lowest BCUT2D eigenvalue weighted by Crippen LogP contribution is -2.41. The first kappa shape index (κ1) is 48.6. The average Bonchev–Trinajstić information content (AvgIpc) is 3.85. The van der Waals surface area contributed by atoms with Crippen molar-refractivity contribution in [2.75, 3.05) is 46.5 Å². The number of fused-ring (bicyclic) bond motifs is 8. The molecule has 4 amide bonds. The number of amides is 4. The van der Waals surface area contributed by atoms with Crippen LogP contribution in [-0.4, -0.2) is 73.1 Å². The lowest BCUT2D eigenvalue weighted by molar-refractivity contribution is -0.120. The first-order valence-corrected chi connectivity index (χ1v) is 26.3. The molecule has 4 aliphatic heterocycles. The highest BCUT2D eigenvalue weighted by atomic mass is 33.1. The topological polar surface area (TPSA) is 142 Å². The Kier molecular flexibility index (Phi) is 14.5. The summed E-state index contributed by atoms with van der Waals surface area (Å²) < 4.78 is 18.8. The molecule has 4 heterocycles. The van der Waals surface area contributed by atoms with Gasteiger partial charge in [-0.3, -0.25) is 19.2 Å². The van der Waals surface area contributed by atoms with Gasteiger partial charge in [0.05, 0.1) is 24.4 Å². The van der Waals surface area contributed by atoms with Crippen LogP contribution in [0.1, 0.15) is 101 Å². The summed E-state index contributed by atoms with van der Waals surface area (Å²) in [5.74, 6) is 1.98. The molecule has 13 nitrogen and oxygen atoms in total. The number of hydrogen-bond acceptors (Lipinski definition) is 11. The molecule has 0 unspecified atom stereocenters. The van der Waals surface area contributed by atoms with Gasteiger partial charge < -0.3 is 34.2 Å². The molecule has 5 aromatic rings. The molecule has 0 aromatic heterocycles. The minimum absolute atomic E-state index is 0.0101. The summed E-state index contributed by atoms with van der Waals surface area (Å²) in [5, 5.41) is 6.93. The van der Waals surface area contributed by atoms with Crippen molar-refractivity contribution in [1.82, 2.24) is 5.43 Å². The van der Waals surface area contributed by atoms with Crippen LogP contribution in [0.25, 0.3) is 0 Å². The largest absolute Gasteiger partial charge is 0.493 e. The van der Waals surface area contributed by atoms with Gasteiger partial charge in [0, 0.05) is 77.9 Å². The van der Waals surface area contributed by atoms with Gasteiger partial charge in [0.15, 0.2) is 11.5 Å². The predicted octanol–water partition coefficient (Wildman–Crippen LogP) is 10.1. The van der Waals surface area contributed by atoms with Crippen LogP contribution in [-0.2, 0) is 42.1 Å². The molecule has 9 rings (SSSR count). The molecule has 15 heteroatoms. The van der Waals surface area contributed by atoms with Gasteiger partial charge in [-0.15, -0.1) is 0 Å². The Morgan fingerprint density at radius 1 is 0.771 bits per heavy atom. The number of methoxy groups -OCH3 is 1. The summed E-state index contributed by atoms with van der Waals surface area (Å²) in [6.45, 7) is 8.92. The van der Waals surface area contributed by atoms with Crippen LogP contribution in [0.2, 0.25) is 0 Å². The number of carbonyl (C=O) groups is 4. The molecule has 0 aliphatic carbocycles. The van der Waals surface area contributed by atoms with Crippen LogP contribution in [0.15, 0.2) is 96.1 Å².